The van der Waals surface area contributed by atoms with E-state index in [-0.39, 0.29) is 21.7 Å². The normalized spacial score (nSPS) is 13.3. The van der Waals surface area contributed by atoms with Gasteiger partial charge in [0.05, 0.1) is 0 Å². The van der Waals surface area contributed by atoms with Crippen molar-refractivity contribution >= 4 is 8.60 Å². The van der Waals surface area contributed by atoms with Gasteiger partial charge in [-0.2, -0.15) is 0 Å². The summed E-state index contributed by atoms with van der Waals surface area (Å²) < 4.78 is 6.02. The molecule has 3 nitrogen and oxygen atoms in total. The monoisotopic (exact) mass is 688 g/mol. The van der Waals surface area contributed by atoms with E-state index in [1.54, 1.807) is 0 Å². The maximum atomic E-state index is 10.4. The second-order valence-corrected chi connectivity index (χ2v) is 19.4. The molecule has 0 amide bonds. The molecule has 3 aromatic carbocycles. The molecule has 0 aliphatic carbocycles. The van der Waals surface area contributed by atoms with Crippen LogP contribution in [0.5, 0.6) is 5.75 Å². The minimum Gasteiger partial charge on any atom is -0.427 e. The highest BCUT2D eigenvalue weighted by molar-refractivity contribution is 7.39. The quantitative estimate of drug-likeness (QED) is 0.113. The molecule has 3 rings (SSSR count). The standard InChI is InChI=1S/C45H69O3P/c1-16-17-18-19-20-23-26-45(35-24-21-22-25-38(35)48-49(46)47,39-31(2)27-33(41(4,5)6)29-36(39)43(10,11)12)40-32(3)28-34(42(7,8)9)30-37(40)44(13,14)15/h21-22,24-25,27-30,46-47H,16-20,23,26H2,1-15H3. The molecule has 0 aliphatic rings. The van der Waals surface area contributed by atoms with Crippen LogP contribution < -0.4 is 4.52 Å². The van der Waals surface area contributed by atoms with Gasteiger partial charge in [-0.05, 0) is 92.5 Å². The number of hydrogen-bond acceptors (Lipinski definition) is 3. The Hall–Kier alpha value is -2.19. The highest BCUT2D eigenvalue weighted by Gasteiger charge is 2.46. The van der Waals surface area contributed by atoms with Crippen molar-refractivity contribution in [3.05, 3.63) is 98.6 Å². The zero-order valence-corrected chi connectivity index (χ0v) is 34.7. The molecule has 49 heavy (non-hydrogen) atoms. The molecule has 4 heteroatoms. The smallest absolute Gasteiger partial charge is 0.391 e. The van der Waals surface area contributed by atoms with Crippen LogP contribution in [-0.4, -0.2) is 9.79 Å². The average Bonchev–Trinajstić information content (AvgIpc) is 2.95. The molecular formula is C45H69O3P. The first-order chi connectivity index (χ1) is 22.5. The van der Waals surface area contributed by atoms with Crippen LogP contribution in [0.25, 0.3) is 0 Å². The van der Waals surface area contributed by atoms with Gasteiger partial charge in [0.25, 0.3) is 0 Å². The Morgan fingerprint density at radius 1 is 0.551 bits per heavy atom. The average molecular weight is 689 g/mol. The van der Waals surface area contributed by atoms with Gasteiger partial charge in [0.1, 0.15) is 5.75 Å². The predicted molar refractivity (Wildman–Crippen MR) is 213 cm³/mol. The summed E-state index contributed by atoms with van der Waals surface area (Å²) in [6.07, 6.45) is 8.02. The Bertz CT molecular complexity index is 1470. The molecule has 0 heterocycles. The lowest BCUT2D eigenvalue weighted by Crippen LogP contribution is -2.38. The Morgan fingerprint density at radius 2 is 0.980 bits per heavy atom. The number of para-hydroxylation sites is 1. The third-order valence-corrected chi connectivity index (χ3v) is 10.7. The van der Waals surface area contributed by atoms with Crippen molar-refractivity contribution < 1.29 is 14.3 Å². The van der Waals surface area contributed by atoms with Crippen molar-refractivity contribution in [2.24, 2.45) is 0 Å². The molecule has 2 N–H and O–H groups in total. The van der Waals surface area contributed by atoms with Crippen molar-refractivity contribution in [1.29, 1.82) is 0 Å². The number of unbranched alkanes of at least 4 members (excludes halogenated alkanes) is 5. The van der Waals surface area contributed by atoms with Gasteiger partial charge in [0.15, 0.2) is 0 Å². The van der Waals surface area contributed by atoms with Crippen molar-refractivity contribution in [3.63, 3.8) is 0 Å². The van der Waals surface area contributed by atoms with E-state index >= 15 is 0 Å². The van der Waals surface area contributed by atoms with Crippen molar-refractivity contribution in [2.75, 3.05) is 0 Å². The molecule has 0 atom stereocenters. The molecule has 0 saturated heterocycles. The Kier molecular flexibility index (Phi) is 13.1. The fourth-order valence-corrected chi connectivity index (χ4v) is 8.03. The molecular weight excluding hydrogens is 619 g/mol. The topological polar surface area (TPSA) is 49.7 Å². The fraction of sp³-hybridized carbons (Fsp3) is 0.600. The van der Waals surface area contributed by atoms with Crippen LogP contribution in [0, 0.1) is 13.8 Å². The SMILES string of the molecule is CCCCCCCCC(c1ccccc1OP(O)O)(c1c(C)cc(C(C)(C)C)cc1C(C)(C)C)c1c(C)cc(C(C)(C)C)cc1C(C)(C)C. The van der Waals surface area contributed by atoms with Crippen LogP contribution in [0.1, 0.15) is 185 Å². The predicted octanol–water partition coefficient (Wildman–Crippen LogP) is 13.2. The number of hydrogen-bond donors (Lipinski definition) is 2. The van der Waals surface area contributed by atoms with E-state index in [1.807, 2.05) is 12.1 Å². The molecule has 3 aromatic rings. The van der Waals surface area contributed by atoms with Gasteiger partial charge in [-0.1, -0.05) is 171 Å². The summed E-state index contributed by atoms with van der Waals surface area (Å²) >= 11 is 0. The van der Waals surface area contributed by atoms with Crippen LogP contribution in [0.3, 0.4) is 0 Å². The van der Waals surface area contributed by atoms with E-state index in [1.165, 1.54) is 70.2 Å². The lowest BCUT2D eigenvalue weighted by Gasteiger charge is -2.46. The summed E-state index contributed by atoms with van der Waals surface area (Å²) in [6.45, 7) is 34.8. The van der Waals surface area contributed by atoms with Crippen molar-refractivity contribution in [2.45, 2.75) is 176 Å². The van der Waals surface area contributed by atoms with Crippen molar-refractivity contribution in [3.8, 4) is 5.75 Å². The first-order valence-electron chi connectivity index (χ1n) is 18.7. The summed E-state index contributed by atoms with van der Waals surface area (Å²) in [5, 5.41) is 0. The van der Waals surface area contributed by atoms with Gasteiger partial charge in [0.2, 0.25) is 0 Å². The first-order valence-corrected chi connectivity index (χ1v) is 19.9. The highest BCUT2D eigenvalue weighted by atomic mass is 31.2. The Morgan fingerprint density at radius 3 is 1.39 bits per heavy atom. The largest absolute Gasteiger partial charge is 0.427 e. The second kappa shape index (κ2) is 15.6. The molecule has 0 spiro atoms. The lowest BCUT2D eigenvalue weighted by atomic mass is 9.57. The number of aryl methyl sites for hydroxylation is 2. The summed E-state index contributed by atoms with van der Waals surface area (Å²) in [4.78, 5) is 20.7. The maximum absolute atomic E-state index is 10.4. The lowest BCUT2D eigenvalue weighted by molar-refractivity contribution is 0.367. The molecule has 0 aromatic heterocycles. The fourth-order valence-electron chi connectivity index (χ4n) is 7.69. The van der Waals surface area contributed by atoms with Gasteiger partial charge in [0, 0.05) is 11.0 Å². The third kappa shape index (κ3) is 9.58. The zero-order valence-electron chi connectivity index (χ0n) is 33.8. The Labute approximate surface area is 302 Å². The van der Waals surface area contributed by atoms with E-state index in [9.17, 15) is 9.79 Å². The van der Waals surface area contributed by atoms with Gasteiger partial charge in [-0.25, -0.2) is 0 Å². The van der Waals surface area contributed by atoms with Gasteiger partial charge < -0.3 is 14.3 Å². The molecule has 0 fully saturated rings. The van der Waals surface area contributed by atoms with Gasteiger partial charge >= 0.3 is 8.60 Å². The van der Waals surface area contributed by atoms with E-state index in [0.717, 1.165) is 24.8 Å². The first kappa shape index (κ1) is 41.2. The van der Waals surface area contributed by atoms with Crippen LogP contribution in [0.2, 0.25) is 0 Å². The third-order valence-electron chi connectivity index (χ3n) is 10.3. The summed E-state index contributed by atoms with van der Waals surface area (Å²) in [5.41, 5.74) is 10.6. The minimum absolute atomic E-state index is 0.0172. The molecule has 0 bridgehead atoms. The summed E-state index contributed by atoms with van der Waals surface area (Å²) in [5.74, 6) is 0.544. The summed E-state index contributed by atoms with van der Waals surface area (Å²) in [6, 6.07) is 18.0. The van der Waals surface area contributed by atoms with E-state index in [0.29, 0.717) is 5.75 Å². The van der Waals surface area contributed by atoms with E-state index in [4.69, 9.17) is 4.52 Å². The van der Waals surface area contributed by atoms with Crippen molar-refractivity contribution in [1.82, 2.24) is 0 Å². The molecule has 0 saturated carbocycles. The molecule has 0 unspecified atom stereocenters. The number of rotatable bonds is 12. The highest BCUT2D eigenvalue weighted by Crippen LogP contribution is 2.56. The van der Waals surface area contributed by atoms with Crippen LogP contribution in [-0.2, 0) is 27.1 Å². The molecule has 0 radical (unpaired) electrons. The van der Waals surface area contributed by atoms with Crippen LogP contribution in [0.4, 0.5) is 0 Å². The molecule has 0 aliphatic heterocycles. The Balaban J connectivity index is 2.73. The van der Waals surface area contributed by atoms with Crippen LogP contribution >= 0.6 is 8.60 Å². The number of benzene rings is 3. The summed E-state index contributed by atoms with van der Waals surface area (Å²) in [7, 11) is -2.62. The van der Waals surface area contributed by atoms with Crippen LogP contribution in [0.15, 0.2) is 48.5 Å². The minimum atomic E-state index is -2.62. The maximum Gasteiger partial charge on any atom is 0.391 e. The zero-order chi connectivity index (χ0) is 37.2. The second-order valence-electron chi connectivity index (χ2n) is 18.7. The van der Waals surface area contributed by atoms with Gasteiger partial charge in [-0.15, -0.1) is 0 Å². The van der Waals surface area contributed by atoms with E-state index in [2.05, 4.69) is 140 Å². The molecule has 272 valence electrons. The van der Waals surface area contributed by atoms with E-state index < -0.39 is 14.0 Å². The van der Waals surface area contributed by atoms with Gasteiger partial charge in [-0.3, -0.25) is 0 Å².